The minimum absolute atomic E-state index is 0.0140. The third-order valence-electron chi connectivity index (χ3n) is 6.56. The highest BCUT2D eigenvalue weighted by atomic mass is 35.5. The highest BCUT2D eigenvalue weighted by molar-refractivity contribution is 7.61. The molecule has 0 amide bonds. The molecule has 0 unspecified atom stereocenters. The lowest BCUT2D eigenvalue weighted by Gasteiger charge is -2.73. The maximum absolute atomic E-state index is 7.48. The van der Waals surface area contributed by atoms with Crippen LogP contribution in [0.15, 0.2) is 0 Å². The monoisotopic (exact) mass is 468 g/mol. The highest BCUT2D eigenvalue weighted by Gasteiger charge is 2.86. The molecule has 0 saturated carbocycles. The first-order valence-electron chi connectivity index (χ1n) is 9.68. The summed E-state index contributed by atoms with van der Waals surface area (Å²) in [5.41, 5.74) is 0. The van der Waals surface area contributed by atoms with Gasteiger partial charge in [-0.1, -0.05) is 90.3 Å². The fraction of sp³-hybridized carbons (Fsp3) is 1.00. The van der Waals surface area contributed by atoms with Crippen LogP contribution in [-0.2, 0) is 0 Å². The van der Waals surface area contributed by atoms with Crippen molar-refractivity contribution in [2.75, 3.05) is 0 Å². The molecule has 10 heteroatoms. The van der Waals surface area contributed by atoms with Gasteiger partial charge in [-0.25, -0.2) is 0 Å². The van der Waals surface area contributed by atoms with Gasteiger partial charge in [-0.2, -0.15) is 45.8 Å². The summed E-state index contributed by atoms with van der Waals surface area (Å²) in [5.74, 6) is 0. The molecule has 1 rings (SSSR count). The lowest BCUT2D eigenvalue weighted by molar-refractivity contribution is 0.720. The predicted molar refractivity (Wildman–Crippen MR) is 138 cm³/mol. The Hall–Kier alpha value is 1.85. The first kappa shape index (κ1) is 25.9. The SMILES string of the molecule is CC(C)(C)B(Cl)C1(B(Cl)C(C)(C)C)B(Cl)C([Si](C)(C)C)([Si](C)(C)C)B1Cl. The van der Waals surface area contributed by atoms with Crippen molar-refractivity contribution in [3.8, 4) is 0 Å². The number of rotatable bonds is 4. The van der Waals surface area contributed by atoms with Gasteiger partial charge in [0.15, 0.2) is 0 Å². The van der Waals surface area contributed by atoms with Crippen LogP contribution in [0.25, 0.3) is 0 Å². The van der Waals surface area contributed by atoms with Crippen molar-refractivity contribution in [2.45, 2.75) is 101 Å². The average molecular weight is 470 g/mol. The first-order chi connectivity index (χ1) is 11.1. The van der Waals surface area contributed by atoms with E-state index in [4.69, 9.17) is 45.8 Å². The molecular weight excluding hydrogens is 433 g/mol. The quantitative estimate of drug-likeness (QED) is 0.367. The Bertz CT molecular complexity index is 486. The molecule has 148 valence electrons. The van der Waals surface area contributed by atoms with Gasteiger partial charge in [-0.05, 0) is 10.6 Å². The lowest BCUT2D eigenvalue weighted by atomic mass is 8.91. The van der Waals surface area contributed by atoms with Crippen LogP contribution in [0.4, 0.5) is 0 Å². The van der Waals surface area contributed by atoms with Crippen LogP contribution >= 0.6 is 45.8 Å². The summed E-state index contributed by atoms with van der Waals surface area (Å²) in [6.45, 7) is 27.6. The van der Waals surface area contributed by atoms with Gasteiger partial charge in [0.25, 0.3) is 0 Å². The molecule has 1 fully saturated rings. The van der Waals surface area contributed by atoms with Gasteiger partial charge in [-0.3, -0.25) is 0 Å². The summed E-state index contributed by atoms with van der Waals surface area (Å²) in [4.78, 5) is 0. The van der Waals surface area contributed by atoms with E-state index in [0.717, 1.165) is 0 Å². The van der Waals surface area contributed by atoms with Crippen LogP contribution < -0.4 is 0 Å². The molecule has 0 nitrogen and oxygen atoms in total. The Labute approximate surface area is 186 Å². The largest absolute Gasteiger partial charge is 0.244 e. The van der Waals surface area contributed by atoms with E-state index in [0.29, 0.717) is 0 Å². The Morgan fingerprint density at radius 3 is 1.04 bits per heavy atom. The molecule has 1 aliphatic rings. The normalized spacial score (nSPS) is 20.8. The maximum atomic E-state index is 7.48. The van der Waals surface area contributed by atoms with Crippen LogP contribution in [-0.4, -0.2) is 40.7 Å². The molecule has 0 spiro atoms. The van der Waals surface area contributed by atoms with Crippen LogP contribution in [0, 0.1) is 0 Å². The molecule has 1 heterocycles. The molecule has 0 N–H and O–H groups in total. The topological polar surface area (TPSA) is 0 Å². The molecule has 0 atom stereocenters. The Morgan fingerprint density at radius 2 is 0.885 bits per heavy atom. The van der Waals surface area contributed by atoms with E-state index < -0.39 is 21.2 Å². The van der Waals surface area contributed by atoms with E-state index in [1.54, 1.807) is 0 Å². The predicted octanol–water partition coefficient (Wildman–Crippen LogP) is 7.91. The van der Waals surface area contributed by atoms with E-state index in [1.165, 1.54) is 0 Å². The molecule has 1 saturated heterocycles. The van der Waals surface area contributed by atoms with Crippen molar-refractivity contribution >= 4 is 86.5 Å². The molecule has 0 aromatic heterocycles. The van der Waals surface area contributed by atoms with Crippen molar-refractivity contribution in [3.05, 3.63) is 0 Å². The summed E-state index contributed by atoms with van der Waals surface area (Å²) in [6, 6.07) is 0. The number of hydrogen-bond acceptors (Lipinski definition) is 0. The van der Waals surface area contributed by atoms with Gasteiger partial charge in [0.05, 0.1) is 0 Å². The minimum atomic E-state index is -1.70. The number of halogens is 4. The second-order valence-corrected chi connectivity index (χ2v) is 25.5. The van der Waals surface area contributed by atoms with Gasteiger partial charge >= 0.3 is 0 Å². The second-order valence-electron chi connectivity index (χ2n) is 12.6. The van der Waals surface area contributed by atoms with Crippen molar-refractivity contribution in [3.63, 3.8) is 0 Å². The van der Waals surface area contributed by atoms with Crippen LogP contribution in [0.5, 0.6) is 0 Å². The van der Waals surface area contributed by atoms with Gasteiger partial charge in [-0.15, -0.1) is 0 Å². The smallest absolute Gasteiger partial charge is 0.198 e. The Balaban J connectivity index is 3.78. The molecule has 0 radical (unpaired) electrons. The highest BCUT2D eigenvalue weighted by Crippen LogP contribution is 2.77. The molecule has 0 bridgehead atoms. The molecule has 0 aromatic carbocycles. The average Bonchev–Trinajstić information content (AvgIpc) is 2.33. The third-order valence-corrected chi connectivity index (χ3v) is 21.4. The summed E-state index contributed by atoms with van der Waals surface area (Å²) in [7, 11) is -3.41. The van der Waals surface area contributed by atoms with Gasteiger partial charge in [0.2, 0.25) is 24.5 Å². The Morgan fingerprint density at radius 1 is 0.654 bits per heavy atom. The molecule has 0 aliphatic carbocycles. The maximum Gasteiger partial charge on any atom is 0.244 e. The van der Waals surface area contributed by atoms with Crippen LogP contribution in [0.1, 0.15) is 41.5 Å². The van der Waals surface area contributed by atoms with Crippen molar-refractivity contribution in [2.24, 2.45) is 0 Å². The zero-order chi connectivity index (χ0) is 21.3. The van der Waals surface area contributed by atoms with E-state index in [-0.39, 0.29) is 39.6 Å². The number of hydrogen-bond donors (Lipinski definition) is 0. The summed E-state index contributed by atoms with van der Waals surface area (Å²) >= 11 is 29.4. The first-order valence-corrected chi connectivity index (χ1v) is 18.4. The summed E-state index contributed by atoms with van der Waals surface area (Å²) < 4.78 is -0.0140. The fourth-order valence-electron chi connectivity index (χ4n) is 5.74. The Kier molecular flexibility index (Phi) is 7.19. The fourth-order valence-corrected chi connectivity index (χ4v) is 24.9. The van der Waals surface area contributed by atoms with E-state index in [1.807, 2.05) is 0 Å². The van der Waals surface area contributed by atoms with Crippen molar-refractivity contribution < 1.29 is 0 Å². The molecule has 0 aromatic rings. The van der Waals surface area contributed by atoms with Gasteiger partial charge in [0, 0.05) is 16.1 Å². The van der Waals surface area contributed by atoms with Crippen molar-refractivity contribution in [1.82, 2.24) is 0 Å². The third kappa shape index (κ3) is 3.47. The summed E-state index contributed by atoms with van der Waals surface area (Å²) in [5, 5.41) is -0.764. The van der Waals surface area contributed by atoms with E-state index in [9.17, 15) is 0 Å². The van der Waals surface area contributed by atoms with Crippen LogP contribution in [0.3, 0.4) is 0 Å². The zero-order valence-electron chi connectivity index (χ0n) is 18.8. The van der Waals surface area contributed by atoms with Crippen LogP contribution in [0.2, 0.25) is 59.4 Å². The van der Waals surface area contributed by atoms with Crippen molar-refractivity contribution in [1.29, 1.82) is 0 Å². The lowest BCUT2D eigenvalue weighted by Crippen LogP contribution is -2.86. The van der Waals surface area contributed by atoms with Gasteiger partial charge in [0.1, 0.15) is 0 Å². The summed E-state index contributed by atoms with van der Waals surface area (Å²) in [6.07, 6.45) is -0.580. The minimum Gasteiger partial charge on any atom is -0.198 e. The zero-order valence-corrected chi connectivity index (χ0v) is 23.8. The van der Waals surface area contributed by atoms with Gasteiger partial charge < -0.3 is 0 Å². The molecular formula is C16H36B4Cl4Si2. The van der Waals surface area contributed by atoms with E-state index >= 15 is 0 Å². The second kappa shape index (κ2) is 7.22. The molecule has 26 heavy (non-hydrogen) atoms. The molecule has 1 aliphatic heterocycles. The van der Waals surface area contributed by atoms with E-state index in [2.05, 4.69) is 80.8 Å². The standard InChI is InChI=1S/C16H36B4Cl4Si2/c1-13(2,3)17(21)15(18(22)14(4,5)6)19(23)16(20(15)24,25(7,8)9)26(10,11)12/h1-12H3.